The average Bonchev–Trinajstić information content (AvgIpc) is 2.27. The van der Waals surface area contributed by atoms with Crippen molar-refractivity contribution in [2.45, 2.75) is 20.3 Å². The lowest BCUT2D eigenvalue weighted by Gasteiger charge is -2.03. The summed E-state index contributed by atoms with van der Waals surface area (Å²) in [5.41, 5.74) is 1.99. The number of benzene rings is 1. The maximum absolute atomic E-state index is 11.0. The van der Waals surface area contributed by atoms with Crippen molar-refractivity contribution in [3.05, 3.63) is 41.0 Å². The number of rotatable bonds is 5. The number of carboxylic acids is 1. The molecular formula is C14H17NO3. The number of hydrogen-bond acceptors (Lipinski definition) is 2. The number of aryl methyl sites for hydroxylation is 1. The Morgan fingerprint density at radius 1 is 1.39 bits per heavy atom. The quantitative estimate of drug-likeness (QED) is 0.784. The third-order valence-electron chi connectivity index (χ3n) is 2.42. The van der Waals surface area contributed by atoms with Gasteiger partial charge >= 0.3 is 5.97 Å². The van der Waals surface area contributed by atoms with Gasteiger partial charge < -0.3 is 10.4 Å². The van der Waals surface area contributed by atoms with Crippen LogP contribution in [-0.2, 0) is 4.79 Å². The van der Waals surface area contributed by atoms with Gasteiger partial charge in [-0.1, -0.05) is 29.8 Å². The molecule has 0 radical (unpaired) electrons. The molecule has 0 saturated carbocycles. The predicted molar refractivity (Wildman–Crippen MR) is 70.5 cm³/mol. The van der Waals surface area contributed by atoms with Crippen molar-refractivity contribution in [1.82, 2.24) is 5.32 Å². The van der Waals surface area contributed by atoms with Crippen LogP contribution in [0.5, 0.6) is 0 Å². The fourth-order valence-corrected chi connectivity index (χ4v) is 1.56. The molecule has 0 spiro atoms. The molecule has 4 heteroatoms. The van der Waals surface area contributed by atoms with Crippen molar-refractivity contribution in [2.24, 2.45) is 0 Å². The summed E-state index contributed by atoms with van der Waals surface area (Å²) in [4.78, 5) is 21.7. The first-order valence-electron chi connectivity index (χ1n) is 5.75. The van der Waals surface area contributed by atoms with Crippen LogP contribution in [0.4, 0.5) is 0 Å². The summed E-state index contributed by atoms with van der Waals surface area (Å²) in [7, 11) is 0. The average molecular weight is 247 g/mol. The second kappa shape index (κ2) is 6.59. The number of carbonyl (C=O) groups is 2. The Labute approximate surface area is 106 Å². The van der Waals surface area contributed by atoms with E-state index < -0.39 is 5.97 Å². The van der Waals surface area contributed by atoms with Crippen molar-refractivity contribution in [3.8, 4) is 0 Å². The van der Waals surface area contributed by atoms with Crippen LogP contribution in [0.3, 0.4) is 0 Å². The lowest BCUT2D eigenvalue weighted by atomic mass is 10.0. The van der Waals surface area contributed by atoms with Crippen LogP contribution in [0.15, 0.2) is 24.3 Å². The normalized spacial score (nSPS) is 10.6. The van der Waals surface area contributed by atoms with Crippen molar-refractivity contribution < 1.29 is 14.7 Å². The van der Waals surface area contributed by atoms with Gasteiger partial charge in [0.2, 0.25) is 5.91 Å². The Balaban J connectivity index is 2.70. The smallest absolute Gasteiger partial charge is 0.336 e. The molecule has 0 atom stereocenters. The van der Waals surface area contributed by atoms with Crippen LogP contribution in [0.25, 0.3) is 6.08 Å². The summed E-state index contributed by atoms with van der Waals surface area (Å²) < 4.78 is 0. The number of nitrogens with one attached hydrogen (secondary N) is 1. The maximum atomic E-state index is 11.0. The molecule has 0 aliphatic heterocycles. The lowest BCUT2D eigenvalue weighted by Crippen LogP contribution is -2.20. The molecule has 0 aliphatic carbocycles. The molecule has 18 heavy (non-hydrogen) atoms. The van der Waals surface area contributed by atoms with Gasteiger partial charge in [-0.3, -0.25) is 4.79 Å². The molecule has 1 aromatic carbocycles. The van der Waals surface area contributed by atoms with E-state index in [4.69, 9.17) is 5.11 Å². The number of carboxylic acid groups (broad SMARTS) is 1. The van der Waals surface area contributed by atoms with Crippen LogP contribution in [0.1, 0.15) is 34.8 Å². The fourth-order valence-electron chi connectivity index (χ4n) is 1.56. The third-order valence-corrected chi connectivity index (χ3v) is 2.42. The van der Waals surface area contributed by atoms with Gasteiger partial charge in [-0.2, -0.15) is 0 Å². The van der Waals surface area contributed by atoms with E-state index in [1.54, 1.807) is 18.2 Å². The van der Waals surface area contributed by atoms with Crippen LogP contribution in [-0.4, -0.2) is 23.5 Å². The lowest BCUT2D eigenvalue weighted by molar-refractivity contribution is -0.118. The number of carbonyl (C=O) groups excluding carboxylic acids is 1. The fraction of sp³-hybridized carbons (Fsp3) is 0.286. The summed E-state index contributed by atoms with van der Waals surface area (Å²) in [5, 5.41) is 11.7. The van der Waals surface area contributed by atoms with Gasteiger partial charge in [0.05, 0.1) is 5.56 Å². The first-order chi connectivity index (χ1) is 8.50. The van der Waals surface area contributed by atoms with E-state index in [-0.39, 0.29) is 11.5 Å². The molecule has 0 heterocycles. The van der Waals surface area contributed by atoms with E-state index in [9.17, 15) is 9.59 Å². The highest BCUT2D eigenvalue weighted by molar-refractivity contribution is 5.92. The summed E-state index contributed by atoms with van der Waals surface area (Å²) in [6.07, 6.45) is 4.31. The van der Waals surface area contributed by atoms with Crippen LogP contribution < -0.4 is 5.32 Å². The second-order valence-corrected chi connectivity index (χ2v) is 4.07. The van der Waals surface area contributed by atoms with Gasteiger partial charge in [-0.25, -0.2) is 4.79 Å². The van der Waals surface area contributed by atoms with Crippen LogP contribution in [0.2, 0.25) is 0 Å². The summed E-state index contributed by atoms with van der Waals surface area (Å²) in [5.74, 6) is -0.998. The number of aromatic carboxylic acids is 1. The van der Waals surface area contributed by atoms with E-state index in [0.717, 1.165) is 5.56 Å². The molecule has 4 nitrogen and oxygen atoms in total. The Hall–Kier alpha value is -2.10. The molecular weight excluding hydrogens is 230 g/mol. The Morgan fingerprint density at radius 3 is 2.72 bits per heavy atom. The minimum atomic E-state index is -0.934. The highest BCUT2D eigenvalue weighted by Gasteiger charge is 2.06. The minimum Gasteiger partial charge on any atom is -0.478 e. The number of hydrogen-bond donors (Lipinski definition) is 2. The van der Waals surface area contributed by atoms with Gasteiger partial charge in [0.15, 0.2) is 0 Å². The Kier molecular flexibility index (Phi) is 5.11. The van der Waals surface area contributed by atoms with Crippen molar-refractivity contribution in [1.29, 1.82) is 0 Å². The molecule has 0 fully saturated rings. The molecule has 96 valence electrons. The Bertz CT molecular complexity index is 478. The maximum Gasteiger partial charge on any atom is 0.336 e. The first-order valence-corrected chi connectivity index (χ1v) is 5.75. The highest BCUT2D eigenvalue weighted by atomic mass is 16.4. The van der Waals surface area contributed by atoms with Crippen LogP contribution in [0, 0.1) is 6.92 Å². The highest BCUT2D eigenvalue weighted by Crippen LogP contribution is 2.14. The minimum absolute atomic E-state index is 0.0646. The zero-order valence-electron chi connectivity index (χ0n) is 10.6. The van der Waals surface area contributed by atoms with Crippen LogP contribution >= 0.6 is 0 Å². The van der Waals surface area contributed by atoms with Gasteiger partial charge in [0, 0.05) is 13.5 Å². The molecule has 0 saturated heterocycles. The SMILES string of the molecule is CC(=O)NCCC=Cc1cc(C)ccc1C(=O)O. The molecule has 1 amide bonds. The van der Waals surface area contributed by atoms with Gasteiger partial charge in [-0.15, -0.1) is 0 Å². The molecule has 0 unspecified atom stereocenters. The third kappa shape index (κ3) is 4.41. The van der Waals surface area contributed by atoms with E-state index in [2.05, 4.69) is 5.32 Å². The van der Waals surface area contributed by atoms with E-state index in [1.807, 2.05) is 19.1 Å². The predicted octanol–water partition coefficient (Wildman–Crippen LogP) is 2.23. The van der Waals surface area contributed by atoms with E-state index in [0.29, 0.717) is 18.5 Å². The van der Waals surface area contributed by atoms with E-state index in [1.165, 1.54) is 6.92 Å². The van der Waals surface area contributed by atoms with Crippen molar-refractivity contribution in [2.75, 3.05) is 6.54 Å². The van der Waals surface area contributed by atoms with E-state index >= 15 is 0 Å². The number of amides is 1. The molecule has 1 aromatic rings. The van der Waals surface area contributed by atoms with Gasteiger partial charge in [-0.05, 0) is 25.0 Å². The summed E-state index contributed by atoms with van der Waals surface area (Å²) >= 11 is 0. The second-order valence-electron chi connectivity index (χ2n) is 4.07. The van der Waals surface area contributed by atoms with Gasteiger partial charge in [0.1, 0.15) is 0 Å². The Morgan fingerprint density at radius 2 is 2.11 bits per heavy atom. The largest absolute Gasteiger partial charge is 0.478 e. The summed E-state index contributed by atoms with van der Waals surface area (Å²) in [6.45, 7) is 3.94. The monoisotopic (exact) mass is 247 g/mol. The summed E-state index contributed by atoms with van der Waals surface area (Å²) in [6, 6.07) is 5.21. The zero-order chi connectivity index (χ0) is 13.5. The standard InChI is InChI=1S/C14H17NO3/c1-10-6-7-13(14(17)18)12(9-10)5-3-4-8-15-11(2)16/h3,5-7,9H,4,8H2,1-2H3,(H,15,16)(H,17,18). The first kappa shape index (κ1) is 14.0. The molecule has 0 bridgehead atoms. The molecule has 1 rings (SSSR count). The molecule has 2 N–H and O–H groups in total. The zero-order valence-corrected chi connectivity index (χ0v) is 10.6. The molecule has 0 aromatic heterocycles. The van der Waals surface area contributed by atoms with Crippen molar-refractivity contribution >= 4 is 18.0 Å². The molecule has 0 aliphatic rings. The van der Waals surface area contributed by atoms with Crippen molar-refractivity contribution in [3.63, 3.8) is 0 Å². The topological polar surface area (TPSA) is 66.4 Å². The van der Waals surface area contributed by atoms with Gasteiger partial charge in [0.25, 0.3) is 0 Å².